The highest BCUT2D eigenvalue weighted by molar-refractivity contribution is 7.99. The van der Waals surface area contributed by atoms with Crippen LogP contribution in [0.2, 0.25) is 0 Å². The highest BCUT2D eigenvalue weighted by Crippen LogP contribution is 2.41. The van der Waals surface area contributed by atoms with Crippen LogP contribution in [0.1, 0.15) is 40.5 Å². The van der Waals surface area contributed by atoms with Gasteiger partial charge in [0.25, 0.3) is 0 Å². The van der Waals surface area contributed by atoms with E-state index in [-0.39, 0.29) is 0 Å². The summed E-state index contributed by atoms with van der Waals surface area (Å²) in [4.78, 5) is 12.2. The van der Waals surface area contributed by atoms with Gasteiger partial charge in [-0.3, -0.25) is 0 Å². The number of rotatable bonds is 4. The molecule has 146 valence electrons. The fourth-order valence-electron chi connectivity index (χ4n) is 3.53. The molecule has 1 aromatic carbocycles. The van der Waals surface area contributed by atoms with E-state index in [1.807, 2.05) is 37.3 Å². The molecule has 1 aliphatic rings. The molecule has 6 nitrogen and oxygen atoms in total. The topological polar surface area (TPSA) is 82.5 Å². The van der Waals surface area contributed by atoms with Crippen molar-refractivity contribution >= 4 is 45.5 Å². The highest BCUT2D eigenvalue weighted by Gasteiger charge is 2.22. The summed E-state index contributed by atoms with van der Waals surface area (Å²) in [5, 5.41) is 11.0. The maximum atomic E-state index is 6.10. The molecule has 0 fully saturated rings. The van der Waals surface area contributed by atoms with Crippen molar-refractivity contribution in [3.8, 4) is 0 Å². The first-order valence-corrected chi connectivity index (χ1v) is 11.2. The summed E-state index contributed by atoms with van der Waals surface area (Å²) < 4.78 is 1.51. The zero-order chi connectivity index (χ0) is 19.8. The first-order chi connectivity index (χ1) is 14.2. The summed E-state index contributed by atoms with van der Waals surface area (Å²) in [6, 6.07) is 10.2. The van der Waals surface area contributed by atoms with Crippen LogP contribution < -0.4 is 5.84 Å². The van der Waals surface area contributed by atoms with Crippen molar-refractivity contribution < 1.29 is 0 Å². The summed E-state index contributed by atoms with van der Waals surface area (Å²) in [6.45, 7) is 1.84. The third-order valence-corrected chi connectivity index (χ3v) is 7.18. The number of hydrogen-bond acceptors (Lipinski definition) is 7. The minimum absolute atomic E-state index is 0.635. The smallest absolute Gasteiger partial charge is 0.216 e. The minimum atomic E-state index is 0.635. The number of nitrogens with zero attached hydrogens (tertiary/aromatic N) is 5. The van der Waals surface area contributed by atoms with Gasteiger partial charge in [0.05, 0.1) is 0 Å². The Morgan fingerprint density at radius 2 is 1.90 bits per heavy atom. The molecule has 2 N–H and O–H groups in total. The van der Waals surface area contributed by atoms with Crippen LogP contribution in [0.5, 0.6) is 0 Å². The number of fused-ring (bicyclic) bond motifs is 3. The van der Waals surface area contributed by atoms with Crippen LogP contribution in [0.15, 0.2) is 40.5 Å². The van der Waals surface area contributed by atoms with Gasteiger partial charge in [0.2, 0.25) is 5.16 Å². The fraction of sp³-hybridized carbons (Fsp3) is 0.238. The second kappa shape index (κ2) is 7.61. The van der Waals surface area contributed by atoms with Crippen LogP contribution in [-0.2, 0) is 12.8 Å². The summed E-state index contributed by atoms with van der Waals surface area (Å²) >= 11 is 3.26. The van der Waals surface area contributed by atoms with Crippen molar-refractivity contribution in [3.05, 3.63) is 58.0 Å². The molecule has 0 aliphatic heterocycles. The summed E-state index contributed by atoms with van der Waals surface area (Å²) in [5.41, 5.74) is 2.52. The predicted octanol–water partition coefficient (Wildman–Crippen LogP) is 4.51. The Hall–Kier alpha value is -2.71. The van der Waals surface area contributed by atoms with Gasteiger partial charge in [0.1, 0.15) is 15.7 Å². The van der Waals surface area contributed by atoms with Crippen LogP contribution in [0, 0.1) is 6.92 Å². The zero-order valence-electron chi connectivity index (χ0n) is 16.0. The Labute approximate surface area is 176 Å². The van der Waals surface area contributed by atoms with E-state index >= 15 is 0 Å². The van der Waals surface area contributed by atoms with Crippen molar-refractivity contribution in [2.45, 2.75) is 42.8 Å². The fourth-order valence-corrected chi connectivity index (χ4v) is 5.81. The van der Waals surface area contributed by atoms with E-state index in [0.29, 0.717) is 16.8 Å². The highest BCUT2D eigenvalue weighted by atomic mass is 32.2. The van der Waals surface area contributed by atoms with Gasteiger partial charge >= 0.3 is 0 Å². The number of hydrogen-bond donors (Lipinski definition) is 1. The lowest BCUT2D eigenvalue weighted by molar-refractivity contribution is 0.699. The lowest BCUT2D eigenvalue weighted by Gasteiger charge is -2.11. The van der Waals surface area contributed by atoms with Gasteiger partial charge in [-0.15, -0.1) is 21.5 Å². The van der Waals surface area contributed by atoms with Gasteiger partial charge in [-0.05, 0) is 61.6 Å². The number of aromatic nitrogens is 5. The average Bonchev–Trinajstić information content (AvgIpc) is 3.28. The number of aryl methyl sites for hydroxylation is 3. The maximum absolute atomic E-state index is 6.10. The second-order valence-electron chi connectivity index (χ2n) is 7.02. The average molecular weight is 421 g/mol. The predicted molar refractivity (Wildman–Crippen MR) is 118 cm³/mol. The van der Waals surface area contributed by atoms with Crippen LogP contribution in [0.3, 0.4) is 0 Å². The molecular weight excluding hydrogens is 400 g/mol. The molecule has 0 saturated heterocycles. The Morgan fingerprint density at radius 3 is 2.69 bits per heavy atom. The normalized spacial score (nSPS) is 14.0. The number of nitrogens with two attached hydrogens (primary N) is 1. The van der Waals surface area contributed by atoms with Gasteiger partial charge in [-0.25, -0.2) is 14.6 Å². The van der Waals surface area contributed by atoms with Gasteiger partial charge < -0.3 is 5.84 Å². The van der Waals surface area contributed by atoms with Crippen molar-refractivity contribution in [2.75, 3.05) is 5.84 Å². The van der Waals surface area contributed by atoms with Gasteiger partial charge in [-0.2, -0.15) is 0 Å². The van der Waals surface area contributed by atoms with Crippen LogP contribution in [-0.4, -0.2) is 24.8 Å². The molecular formula is C21H20N6S2. The van der Waals surface area contributed by atoms with Gasteiger partial charge in [-0.1, -0.05) is 36.4 Å². The summed E-state index contributed by atoms with van der Waals surface area (Å²) in [7, 11) is 0. The van der Waals surface area contributed by atoms with E-state index < -0.39 is 0 Å². The quantitative estimate of drug-likeness (QED) is 0.386. The number of benzene rings is 1. The van der Waals surface area contributed by atoms with Crippen LogP contribution >= 0.6 is 23.1 Å². The van der Waals surface area contributed by atoms with Gasteiger partial charge in [0, 0.05) is 10.3 Å². The Bertz CT molecular complexity index is 1210. The monoisotopic (exact) mass is 420 g/mol. The van der Waals surface area contributed by atoms with E-state index in [0.717, 1.165) is 33.6 Å². The lowest BCUT2D eigenvalue weighted by atomic mass is 9.97. The van der Waals surface area contributed by atoms with E-state index in [1.54, 1.807) is 11.3 Å². The lowest BCUT2D eigenvalue weighted by Crippen LogP contribution is -2.11. The second-order valence-corrected chi connectivity index (χ2v) is 9.06. The van der Waals surface area contributed by atoms with Crippen molar-refractivity contribution in [2.24, 2.45) is 0 Å². The molecule has 5 rings (SSSR count). The molecule has 0 amide bonds. The molecule has 0 atom stereocenters. The Balaban J connectivity index is 1.62. The summed E-state index contributed by atoms with van der Waals surface area (Å²) in [5.74, 6) is 7.47. The largest absolute Gasteiger partial charge is 0.336 e. The molecule has 0 saturated carbocycles. The molecule has 3 heterocycles. The molecule has 0 spiro atoms. The first-order valence-electron chi connectivity index (χ1n) is 9.59. The van der Waals surface area contributed by atoms with Crippen LogP contribution in [0.25, 0.3) is 22.4 Å². The molecule has 0 unspecified atom stereocenters. The first kappa shape index (κ1) is 18.3. The molecule has 1 aliphatic carbocycles. The number of nitrogen functional groups attached to an aromatic ring is 1. The minimum Gasteiger partial charge on any atom is -0.336 e. The van der Waals surface area contributed by atoms with Crippen molar-refractivity contribution in [1.82, 2.24) is 24.8 Å². The Morgan fingerprint density at radius 1 is 1.07 bits per heavy atom. The third kappa shape index (κ3) is 3.54. The molecule has 0 bridgehead atoms. The molecule has 0 radical (unpaired) electrons. The SMILES string of the molecule is Cc1nnc(Sc2nc(C=Cc3ccccc3)nc3sc4c(c23)CCCC4)n1N. The zero-order valence-corrected chi connectivity index (χ0v) is 17.6. The maximum Gasteiger partial charge on any atom is 0.216 e. The van der Waals surface area contributed by atoms with Gasteiger partial charge in [0.15, 0.2) is 5.82 Å². The van der Waals surface area contributed by atoms with Crippen molar-refractivity contribution in [3.63, 3.8) is 0 Å². The molecule has 4 aromatic rings. The Kier molecular flexibility index (Phi) is 4.81. The summed E-state index contributed by atoms with van der Waals surface area (Å²) in [6.07, 6.45) is 8.67. The van der Waals surface area contributed by atoms with E-state index in [4.69, 9.17) is 15.8 Å². The van der Waals surface area contributed by atoms with E-state index in [2.05, 4.69) is 22.3 Å². The third-order valence-electron chi connectivity index (χ3n) is 5.05. The van der Waals surface area contributed by atoms with E-state index in [1.165, 1.54) is 39.7 Å². The van der Waals surface area contributed by atoms with Crippen molar-refractivity contribution in [1.29, 1.82) is 0 Å². The molecule has 3 aromatic heterocycles. The molecule has 29 heavy (non-hydrogen) atoms. The molecule has 8 heteroatoms. The number of thiophene rings is 1. The standard InChI is InChI=1S/C21H20N6S2/c1-13-25-26-21(27(13)22)29-20-18-15-9-5-6-10-16(15)28-19(18)23-17(24-20)12-11-14-7-3-2-4-8-14/h2-4,7-8,11-12H,5-6,9-10,22H2,1H3. The van der Waals surface area contributed by atoms with Crippen LogP contribution in [0.4, 0.5) is 0 Å². The van der Waals surface area contributed by atoms with E-state index in [9.17, 15) is 0 Å².